The molecule has 0 aromatic carbocycles. The lowest BCUT2D eigenvalue weighted by atomic mass is 10.1. The largest absolute Gasteiger partial charge is 0.476 e. The number of aromatic carboxylic acids is 1. The van der Waals surface area contributed by atoms with Gasteiger partial charge in [-0.1, -0.05) is 30.1 Å². The number of rotatable bonds is 6. The highest BCUT2D eigenvalue weighted by Gasteiger charge is 2.23. The Bertz CT molecular complexity index is 967. The van der Waals surface area contributed by atoms with Crippen LogP contribution < -0.4 is 0 Å². The molecule has 3 aromatic heterocycles. The molecule has 0 spiro atoms. The number of nitrogens with zero attached hydrogens (tertiary/aromatic N) is 4. The van der Waals surface area contributed by atoms with Crippen LogP contribution in [-0.2, 0) is 13.0 Å². The van der Waals surface area contributed by atoms with E-state index in [-0.39, 0.29) is 17.8 Å². The minimum absolute atomic E-state index is 0.100. The van der Waals surface area contributed by atoms with Crippen molar-refractivity contribution in [1.82, 2.24) is 14.9 Å². The molecule has 0 amide bonds. The number of carbonyl (C=O) groups is 1. The molecule has 3 heterocycles. The molecular weight excluding hydrogens is 364 g/mol. The molecule has 128 valence electrons. The summed E-state index contributed by atoms with van der Waals surface area (Å²) in [5.74, 6) is -0.642. The Morgan fingerprint density at radius 3 is 2.92 bits per heavy atom. The number of hydrogen-bond donors (Lipinski definition) is 1. The summed E-state index contributed by atoms with van der Waals surface area (Å²) in [7, 11) is 0. The molecule has 0 aliphatic carbocycles. The van der Waals surface area contributed by atoms with Gasteiger partial charge in [-0.15, -0.1) is 11.3 Å². The zero-order valence-electron chi connectivity index (χ0n) is 13.2. The van der Waals surface area contributed by atoms with Gasteiger partial charge in [-0.05, 0) is 18.6 Å². The van der Waals surface area contributed by atoms with Crippen LogP contribution in [0, 0.1) is 11.3 Å². The lowest BCUT2D eigenvalue weighted by Gasteiger charge is -2.04. The summed E-state index contributed by atoms with van der Waals surface area (Å²) in [6.07, 6.45) is 1.31. The zero-order valence-corrected chi connectivity index (χ0v) is 14.8. The number of carboxylic acid groups (broad SMARTS) is 1. The van der Waals surface area contributed by atoms with E-state index in [0.29, 0.717) is 27.9 Å². The van der Waals surface area contributed by atoms with E-state index in [1.54, 1.807) is 12.1 Å². The fraction of sp³-hybridized carbons (Fsp3) is 0.250. The van der Waals surface area contributed by atoms with Gasteiger partial charge < -0.3 is 9.63 Å². The molecule has 0 radical (unpaired) electrons. The molecule has 0 fully saturated rings. The van der Waals surface area contributed by atoms with Gasteiger partial charge in [0.15, 0.2) is 11.5 Å². The van der Waals surface area contributed by atoms with Gasteiger partial charge in [-0.2, -0.15) is 10.4 Å². The number of carboxylic acids is 1. The van der Waals surface area contributed by atoms with Crippen molar-refractivity contribution in [3.63, 3.8) is 0 Å². The molecular formula is C16H13ClN4O3S. The predicted molar refractivity (Wildman–Crippen MR) is 91.8 cm³/mol. The Labute approximate surface area is 152 Å². The van der Waals surface area contributed by atoms with E-state index in [0.717, 1.165) is 11.3 Å². The van der Waals surface area contributed by atoms with E-state index >= 15 is 0 Å². The summed E-state index contributed by atoms with van der Waals surface area (Å²) in [4.78, 5) is 12.2. The zero-order chi connectivity index (χ0) is 18.0. The van der Waals surface area contributed by atoms with Crippen molar-refractivity contribution in [2.24, 2.45) is 0 Å². The minimum Gasteiger partial charge on any atom is -0.476 e. The Hall–Kier alpha value is -2.63. The van der Waals surface area contributed by atoms with Gasteiger partial charge in [-0.3, -0.25) is 4.68 Å². The predicted octanol–water partition coefficient (Wildman–Crippen LogP) is 3.82. The van der Waals surface area contributed by atoms with E-state index in [1.165, 1.54) is 16.0 Å². The minimum atomic E-state index is -1.22. The molecule has 1 N–H and O–H groups in total. The normalized spacial score (nSPS) is 10.8. The van der Waals surface area contributed by atoms with Gasteiger partial charge in [-0.25, -0.2) is 4.79 Å². The van der Waals surface area contributed by atoms with Crippen LogP contribution in [0.5, 0.6) is 0 Å². The fourth-order valence-electron chi connectivity index (χ4n) is 2.49. The van der Waals surface area contributed by atoms with E-state index in [1.807, 2.05) is 19.1 Å². The van der Waals surface area contributed by atoms with E-state index < -0.39 is 5.97 Å². The topological polar surface area (TPSA) is 105 Å². The Morgan fingerprint density at radius 1 is 1.52 bits per heavy atom. The van der Waals surface area contributed by atoms with Crippen LogP contribution in [0.3, 0.4) is 0 Å². The molecule has 9 heteroatoms. The molecule has 0 atom stereocenters. The van der Waals surface area contributed by atoms with Crippen molar-refractivity contribution in [3.05, 3.63) is 45.2 Å². The molecule has 0 bridgehead atoms. The molecule has 3 rings (SSSR count). The average Bonchev–Trinajstić information content (AvgIpc) is 3.28. The van der Waals surface area contributed by atoms with Gasteiger partial charge in [0, 0.05) is 6.07 Å². The average molecular weight is 377 g/mol. The van der Waals surface area contributed by atoms with Crippen LogP contribution in [0.1, 0.15) is 40.8 Å². The first-order chi connectivity index (χ1) is 12.0. The molecule has 0 saturated heterocycles. The molecule has 0 unspecified atom stereocenters. The Balaban J connectivity index is 1.94. The summed E-state index contributed by atoms with van der Waals surface area (Å²) < 4.78 is 7.48. The summed E-state index contributed by atoms with van der Waals surface area (Å²) in [5.41, 5.74) is 1.04. The standard InChI is InChI=1S/C16H13ClN4O3S/c1-2-3-11-10(7-18)15(16(22)23)19-21(11)8-9-6-12(24-20-9)13-4-5-14(17)25-13/h4-6H,2-3,8H2,1H3,(H,22,23). The van der Waals surface area contributed by atoms with Crippen LogP contribution in [-0.4, -0.2) is 26.0 Å². The molecule has 25 heavy (non-hydrogen) atoms. The van der Waals surface area contributed by atoms with Crippen LogP contribution in [0.2, 0.25) is 4.34 Å². The first-order valence-electron chi connectivity index (χ1n) is 7.47. The lowest BCUT2D eigenvalue weighted by Crippen LogP contribution is -2.07. The maximum absolute atomic E-state index is 11.3. The molecule has 0 saturated carbocycles. The van der Waals surface area contributed by atoms with Gasteiger partial charge in [0.1, 0.15) is 17.3 Å². The van der Waals surface area contributed by atoms with Gasteiger partial charge in [0.2, 0.25) is 0 Å². The van der Waals surface area contributed by atoms with Crippen LogP contribution >= 0.6 is 22.9 Å². The first kappa shape index (κ1) is 17.2. The van der Waals surface area contributed by atoms with Crippen molar-refractivity contribution in [2.75, 3.05) is 0 Å². The lowest BCUT2D eigenvalue weighted by molar-refractivity contribution is 0.0689. The third-order valence-corrected chi connectivity index (χ3v) is 4.79. The highest BCUT2D eigenvalue weighted by molar-refractivity contribution is 7.19. The van der Waals surface area contributed by atoms with Crippen molar-refractivity contribution >= 4 is 28.9 Å². The maximum atomic E-state index is 11.3. The summed E-state index contributed by atoms with van der Waals surface area (Å²) >= 11 is 7.30. The van der Waals surface area contributed by atoms with Gasteiger partial charge >= 0.3 is 5.97 Å². The van der Waals surface area contributed by atoms with Crippen molar-refractivity contribution in [2.45, 2.75) is 26.3 Å². The second-order valence-corrected chi connectivity index (χ2v) is 7.00. The maximum Gasteiger partial charge on any atom is 0.357 e. The Morgan fingerprint density at radius 2 is 2.32 bits per heavy atom. The number of nitriles is 1. The van der Waals surface area contributed by atoms with E-state index in [2.05, 4.69) is 10.3 Å². The van der Waals surface area contributed by atoms with E-state index in [4.69, 9.17) is 16.1 Å². The summed E-state index contributed by atoms with van der Waals surface area (Å²) in [5, 5.41) is 26.6. The first-order valence-corrected chi connectivity index (χ1v) is 8.67. The quantitative estimate of drug-likeness (QED) is 0.701. The van der Waals surface area contributed by atoms with Gasteiger partial charge in [0.05, 0.1) is 21.5 Å². The molecule has 0 aliphatic rings. The second-order valence-electron chi connectivity index (χ2n) is 5.28. The summed E-state index contributed by atoms with van der Waals surface area (Å²) in [6, 6.07) is 7.32. The SMILES string of the molecule is CCCc1c(C#N)c(C(=O)O)nn1Cc1cc(-c2ccc(Cl)s2)on1. The Kier molecular flexibility index (Phi) is 4.88. The fourth-order valence-corrected chi connectivity index (χ4v) is 3.48. The molecule has 0 aliphatic heterocycles. The second kappa shape index (κ2) is 7.09. The van der Waals surface area contributed by atoms with Crippen molar-refractivity contribution in [3.8, 4) is 16.7 Å². The molecule has 3 aromatic rings. The number of thiophene rings is 1. The van der Waals surface area contributed by atoms with E-state index in [9.17, 15) is 15.2 Å². The van der Waals surface area contributed by atoms with Crippen LogP contribution in [0.4, 0.5) is 0 Å². The van der Waals surface area contributed by atoms with Gasteiger partial charge in [0.25, 0.3) is 0 Å². The third kappa shape index (κ3) is 3.43. The smallest absolute Gasteiger partial charge is 0.357 e. The van der Waals surface area contributed by atoms with Crippen LogP contribution in [0.15, 0.2) is 22.7 Å². The third-order valence-electron chi connectivity index (χ3n) is 3.55. The number of aromatic nitrogens is 3. The van der Waals surface area contributed by atoms with Crippen molar-refractivity contribution < 1.29 is 14.4 Å². The molecule has 7 nitrogen and oxygen atoms in total. The highest BCUT2D eigenvalue weighted by Crippen LogP contribution is 2.31. The number of halogens is 1. The summed E-state index contributed by atoms with van der Waals surface area (Å²) in [6.45, 7) is 2.17. The monoisotopic (exact) mass is 376 g/mol. The van der Waals surface area contributed by atoms with Crippen molar-refractivity contribution in [1.29, 1.82) is 5.26 Å². The van der Waals surface area contributed by atoms with Crippen LogP contribution in [0.25, 0.3) is 10.6 Å². The highest BCUT2D eigenvalue weighted by atomic mass is 35.5. The number of hydrogen-bond acceptors (Lipinski definition) is 6.